The number of rotatable bonds is 8. The smallest absolute Gasteiger partial charge is 0.226 e. The Hall–Kier alpha value is -1.80. The Kier molecular flexibility index (Phi) is 6.66. The molecule has 0 bridgehead atoms. The van der Waals surface area contributed by atoms with Crippen LogP contribution in [0.1, 0.15) is 36.5 Å². The van der Waals surface area contributed by atoms with Gasteiger partial charge >= 0.3 is 0 Å². The molecular formula is C15H16FN3O2S2. The van der Waals surface area contributed by atoms with Crippen LogP contribution in [-0.2, 0) is 4.79 Å². The minimum absolute atomic E-state index is 0.0815. The molecule has 1 heterocycles. The summed E-state index contributed by atoms with van der Waals surface area (Å²) in [5.74, 6) is -0.383. The molecule has 2 aromatic rings. The molecule has 5 nitrogen and oxygen atoms in total. The average Bonchev–Trinajstić information content (AvgIpc) is 2.98. The van der Waals surface area contributed by atoms with Crippen LogP contribution in [0.5, 0.6) is 0 Å². The van der Waals surface area contributed by atoms with Crippen molar-refractivity contribution in [3.8, 4) is 0 Å². The van der Waals surface area contributed by atoms with Gasteiger partial charge < -0.3 is 5.32 Å². The number of hydrogen-bond donors (Lipinski definition) is 1. The lowest BCUT2D eigenvalue weighted by atomic mass is 10.1. The van der Waals surface area contributed by atoms with E-state index in [0.717, 1.165) is 12.8 Å². The second kappa shape index (κ2) is 8.73. The van der Waals surface area contributed by atoms with Crippen LogP contribution in [-0.4, -0.2) is 27.6 Å². The highest BCUT2D eigenvalue weighted by molar-refractivity contribution is 8.01. The summed E-state index contributed by atoms with van der Waals surface area (Å²) < 4.78 is 13.4. The molecule has 1 aromatic carbocycles. The number of ketones is 1. The highest BCUT2D eigenvalue weighted by Gasteiger charge is 2.11. The van der Waals surface area contributed by atoms with Gasteiger partial charge in [-0.2, -0.15) is 0 Å². The maximum atomic E-state index is 12.8. The summed E-state index contributed by atoms with van der Waals surface area (Å²) in [4.78, 5) is 23.6. The molecule has 0 atom stereocenters. The Balaban J connectivity index is 1.83. The molecule has 8 heteroatoms. The molecule has 0 aliphatic heterocycles. The first-order chi connectivity index (χ1) is 11.1. The summed E-state index contributed by atoms with van der Waals surface area (Å²) in [6, 6.07) is 5.43. The third-order valence-corrected chi connectivity index (χ3v) is 4.88. The number of thioether (sulfide) groups is 1. The normalized spacial score (nSPS) is 10.5. The zero-order valence-electron chi connectivity index (χ0n) is 12.5. The first-order valence-electron chi connectivity index (χ1n) is 7.13. The first-order valence-corrected chi connectivity index (χ1v) is 8.93. The number of anilines is 1. The van der Waals surface area contributed by atoms with Crippen molar-refractivity contribution < 1.29 is 14.0 Å². The summed E-state index contributed by atoms with van der Waals surface area (Å²) >= 11 is 2.47. The van der Waals surface area contributed by atoms with E-state index in [4.69, 9.17) is 0 Å². The van der Waals surface area contributed by atoms with Crippen molar-refractivity contribution in [3.63, 3.8) is 0 Å². The molecule has 1 N–H and O–H groups in total. The van der Waals surface area contributed by atoms with Crippen molar-refractivity contribution >= 4 is 39.9 Å². The third kappa shape index (κ3) is 5.72. The molecule has 0 fully saturated rings. The molecule has 0 aliphatic rings. The van der Waals surface area contributed by atoms with E-state index in [0.29, 0.717) is 21.5 Å². The lowest BCUT2D eigenvalue weighted by Crippen LogP contribution is -2.10. The standard InChI is InChI=1S/C15H16FN3O2S2/c1-2-3-4-13(21)17-14-18-19-15(23-14)22-9-12(20)10-5-7-11(16)8-6-10/h5-8H,2-4,9H2,1H3,(H,17,18,21). The highest BCUT2D eigenvalue weighted by Crippen LogP contribution is 2.26. The van der Waals surface area contributed by atoms with Crippen molar-refractivity contribution in [3.05, 3.63) is 35.6 Å². The van der Waals surface area contributed by atoms with Crippen molar-refractivity contribution in [2.75, 3.05) is 11.1 Å². The minimum atomic E-state index is -0.373. The predicted molar refractivity (Wildman–Crippen MR) is 89.5 cm³/mol. The number of nitrogens with zero attached hydrogens (tertiary/aromatic N) is 2. The van der Waals surface area contributed by atoms with Crippen LogP contribution in [0.4, 0.5) is 9.52 Å². The molecule has 1 aromatic heterocycles. The van der Waals surface area contributed by atoms with E-state index >= 15 is 0 Å². The molecule has 122 valence electrons. The largest absolute Gasteiger partial charge is 0.301 e. The number of carbonyl (C=O) groups excluding carboxylic acids is 2. The van der Waals surface area contributed by atoms with E-state index in [1.165, 1.54) is 47.4 Å². The molecular weight excluding hydrogens is 337 g/mol. The summed E-state index contributed by atoms with van der Waals surface area (Å²) in [7, 11) is 0. The fraction of sp³-hybridized carbons (Fsp3) is 0.333. The van der Waals surface area contributed by atoms with Gasteiger partial charge in [-0.1, -0.05) is 36.4 Å². The topological polar surface area (TPSA) is 72.0 Å². The Morgan fingerprint density at radius 1 is 1.26 bits per heavy atom. The third-order valence-electron chi connectivity index (χ3n) is 2.90. The summed E-state index contributed by atoms with van der Waals surface area (Å²) in [5, 5.41) is 10.9. The summed E-state index contributed by atoms with van der Waals surface area (Å²) in [6.07, 6.45) is 2.25. The van der Waals surface area contributed by atoms with Crippen LogP contribution in [0.15, 0.2) is 28.6 Å². The number of hydrogen-bond acceptors (Lipinski definition) is 6. The minimum Gasteiger partial charge on any atom is -0.301 e. The van der Waals surface area contributed by atoms with Crippen molar-refractivity contribution in [1.82, 2.24) is 10.2 Å². The van der Waals surface area contributed by atoms with Gasteiger partial charge in [-0.25, -0.2) is 4.39 Å². The molecule has 0 radical (unpaired) electrons. The molecule has 0 aliphatic carbocycles. The van der Waals surface area contributed by atoms with Gasteiger partial charge in [0, 0.05) is 12.0 Å². The van der Waals surface area contributed by atoms with Gasteiger partial charge in [-0.3, -0.25) is 9.59 Å². The number of halogens is 1. The van der Waals surface area contributed by atoms with E-state index in [2.05, 4.69) is 15.5 Å². The maximum Gasteiger partial charge on any atom is 0.226 e. The number of amides is 1. The Labute approximate surface area is 141 Å². The van der Waals surface area contributed by atoms with Gasteiger partial charge in [0.2, 0.25) is 11.0 Å². The second-order valence-electron chi connectivity index (χ2n) is 4.74. The van der Waals surface area contributed by atoms with E-state index in [1.54, 1.807) is 0 Å². The Morgan fingerprint density at radius 3 is 2.70 bits per heavy atom. The van der Waals surface area contributed by atoms with Crippen molar-refractivity contribution in [2.24, 2.45) is 0 Å². The van der Waals surface area contributed by atoms with Crippen molar-refractivity contribution in [2.45, 2.75) is 30.5 Å². The van der Waals surface area contributed by atoms with Gasteiger partial charge in [0.15, 0.2) is 10.1 Å². The lowest BCUT2D eigenvalue weighted by molar-refractivity contribution is -0.116. The van der Waals surface area contributed by atoms with E-state index in [1.807, 2.05) is 6.92 Å². The Morgan fingerprint density at radius 2 is 2.00 bits per heavy atom. The lowest BCUT2D eigenvalue weighted by Gasteiger charge is -1.99. The first kappa shape index (κ1) is 17.6. The number of unbranched alkanes of at least 4 members (excludes halogenated alkanes) is 1. The van der Waals surface area contributed by atoms with Crippen LogP contribution >= 0.6 is 23.1 Å². The SMILES string of the molecule is CCCCC(=O)Nc1nnc(SCC(=O)c2ccc(F)cc2)s1. The fourth-order valence-corrected chi connectivity index (χ4v) is 3.35. The van der Waals surface area contributed by atoms with E-state index in [-0.39, 0.29) is 23.3 Å². The van der Waals surface area contributed by atoms with E-state index < -0.39 is 0 Å². The van der Waals surface area contributed by atoms with Gasteiger partial charge in [-0.05, 0) is 30.7 Å². The quantitative estimate of drug-likeness (QED) is 0.444. The fourth-order valence-electron chi connectivity index (χ4n) is 1.68. The molecule has 2 rings (SSSR count). The van der Waals surface area contributed by atoms with Crippen LogP contribution in [0.2, 0.25) is 0 Å². The number of carbonyl (C=O) groups is 2. The zero-order valence-corrected chi connectivity index (χ0v) is 14.2. The second-order valence-corrected chi connectivity index (χ2v) is 6.94. The summed E-state index contributed by atoms with van der Waals surface area (Å²) in [5.41, 5.74) is 0.455. The monoisotopic (exact) mass is 353 g/mol. The van der Waals surface area contributed by atoms with Gasteiger partial charge in [-0.15, -0.1) is 10.2 Å². The number of Topliss-reactive ketones (excluding diaryl/α,β-unsaturated/α-hetero) is 1. The molecule has 0 saturated carbocycles. The molecule has 0 unspecified atom stereocenters. The molecule has 0 spiro atoms. The van der Waals surface area contributed by atoms with Crippen molar-refractivity contribution in [1.29, 1.82) is 0 Å². The van der Waals surface area contributed by atoms with Crippen LogP contribution < -0.4 is 5.32 Å². The predicted octanol–water partition coefficient (Wildman–Crippen LogP) is 3.78. The summed E-state index contributed by atoms with van der Waals surface area (Å²) in [6.45, 7) is 2.02. The molecule has 23 heavy (non-hydrogen) atoms. The van der Waals surface area contributed by atoms with Crippen LogP contribution in [0.3, 0.4) is 0 Å². The number of aromatic nitrogens is 2. The van der Waals surface area contributed by atoms with Gasteiger partial charge in [0.25, 0.3) is 0 Å². The van der Waals surface area contributed by atoms with Gasteiger partial charge in [0.1, 0.15) is 5.82 Å². The Bertz CT molecular complexity index is 674. The van der Waals surface area contributed by atoms with Gasteiger partial charge in [0.05, 0.1) is 5.75 Å². The molecule has 1 amide bonds. The average molecular weight is 353 g/mol. The van der Waals surface area contributed by atoms with Crippen LogP contribution in [0, 0.1) is 5.82 Å². The highest BCUT2D eigenvalue weighted by atomic mass is 32.2. The van der Waals surface area contributed by atoms with Crippen LogP contribution in [0.25, 0.3) is 0 Å². The maximum absolute atomic E-state index is 12.8. The molecule has 0 saturated heterocycles. The number of nitrogens with one attached hydrogen (secondary N) is 1. The van der Waals surface area contributed by atoms with E-state index in [9.17, 15) is 14.0 Å². The number of benzene rings is 1. The zero-order chi connectivity index (χ0) is 16.7.